The van der Waals surface area contributed by atoms with Gasteiger partial charge in [0.25, 0.3) is 0 Å². The van der Waals surface area contributed by atoms with Gasteiger partial charge in [-0.25, -0.2) is 17.8 Å². The van der Waals surface area contributed by atoms with Crippen molar-refractivity contribution in [2.24, 2.45) is 0 Å². The molecule has 6 aromatic rings. The van der Waals surface area contributed by atoms with Gasteiger partial charge in [0.05, 0.1) is 52.3 Å². The molecule has 13 heteroatoms. The van der Waals surface area contributed by atoms with Crippen molar-refractivity contribution in [1.82, 2.24) is 35.1 Å². The number of hydrogen-bond donors (Lipinski definition) is 3. The number of aromatic nitrogens is 7. The van der Waals surface area contributed by atoms with Gasteiger partial charge in [-0.3, -0.25) is 24.8 Å². The third-order valence-corrected chi connectivity index (χ3v) is 8.12. The Balaban J connectivity index is 1.35. The highest BCUT2D eigenvalue weighted by Crippen LogP contribution is 2.33. The molecule has 44 heavy (non-hydrogen) atoms. The quantitative estimate of drug-likeness (QED) is 0.183. The summed E-state index contributed by atoms with van der Waals surface area (Å²) in [5, 5.41) is 11.1. The van der Waals surface area contributed by atoms with E-state index in [0.717, 1.165) is 30.0 Å². The van der Waals surface area contributed by atoms with Crippen LogP contribution in [-0.4, -0.2) is 61.5 Å². The van der Waals surface area contributed by atoms with Crippen LogP contribution in [0.5, 0.6) is 0 Å². The maximum absolute atomic E-state index is 14.6. The number of anilines is 1. The number of rotatable bonds is 10. The van der Waals surface area contributed by atoms with E-state index in [1.54, 1.807) is 37.1 Å². The molecule has 0 aliphatic carbocycles. The van der Waals surface area contributed by atoms with Crippen molar-refractivity contribution in [2.45, 2.75) is 32.6 Å². The van der Waals surface area contributed by atoms with Gasteiger partial charge in [-0.2, -0.15) is 5.10 Å². The third-order valence-electron chi connectivity index (χ3n) is 7.17. The summed E-state index contributed by atoms with van der Waals surface area (Å²) < 4.78 is 37.9. The van der Waals surface area contributed by atoms with Gasteiger partial charge in [0.1, 0.15) is 21.3 Å². The Hall–Kier alpha value is -5.04. The van der Waals surface area contributed by atoms with Gasteiger partial charge in [-0.15, -0.1) is 0 Å². The number of pyridine rings is 3. The molecule has 0 bridgehead atoms. The van der Waals surface area contributed by atoms with E-state index in [1.807, 2.05) is 19.1 Å². The van der Waals surface area contributed by atoms with Gasteiger partial charge in [0.2, 0.25) is 5.91 Å². The monoisotopic (exact) mass is 612 g/mol. The molecule has 11 nitrogen and oxygen atoms in total. The standard InChI is InChI=1S/C31H29FN8O3S/c1-3-4-5-28(41)36-22-11-20(13-33-14-22)25-12-23-26(17-35-25)39-40-30(23)31-37-27-16-34-15-24(29(27)38-31)19-8-18(9-21(32)10-19)6-7-44(2,42)43/h8-17H,3-7H2,1-2H3,(H,36,41)(H,37,38)(H,39,40). The Morgan fingerprint density at radius 3 is 2.64 bits per heavy atom. The van der Waals surface area contributed by atoms with Gasteiger partial charge >= 0.3 is 0 Å². The lowest BCUT2D eigenvalue weighted by molar-refractivity contribution is -0.116. The number of H-pyrrole nitrogens is 2. The summed E-state index contributed by atoms with van der Waals surface area (Å²) in [5.41, 5.74) is 6.09. The zero-order valence-electron chi connectivity index (χ0n) is 24.1. The van der Waals surface area contributed by atoms with Crippen LogP contribution in [0.15, 0.2) is 61.3 Å². The molecule has 1 aromatic carbocycles. The van der Waals surface area contributed by atoms with E-state index in [2.05, 4.69) is 35.5 Å². The SMILES string of the molecule is CCCCC(=O)Nc1cncc(-c2cc3c(-c4nc5c(-c6cc(F)cc(CCS(C)(=O)=O)c6)cncc5[nH]4)n[nH]c3cn2)c1. The highest BCUT2D eigenvalue weighted by Gasteiger charge is 2.18. The smallest absolute Gasteiger partial charge is 0.224 e. The molecule has 1 amide bonds. The Kier molecular flexibility index (Phi) is 7.87. The van der Waals surface area contributed by atoms with Gasteiger partial charge in [-0.1, -0.05) is 19.4 Å². The molecule has 224 valence electrons. The molecule has 6 rings (SSSR count). The Morgan fingerprint density at radius 1 is 0.977 bits per heavy atom. The highest BCUT2D eigenvalue weighted by molar-refractivity contribution is 7.90. The van der Waals surface area contributed by atoms with Crippen molar-refractivity contribution in [3.8, 4) is 33.9 Å². The molecule has 0 spiro atoms. The number of aromatic amines is 2. The number of nitrogens with zero attached hydrogens (tertiary/aromatic N) is 5. The van der Waals surface area contributed by atoms with E-state index < -0.39 is 15.7 Å². The Morgan fingerprint density at radius 2 is 1.82 bits per heavy atom. The number of carbonyl (C=O) groups excluding carboxylic acids is 1. The van der Waals surface area contributed by atoms with Crippen LogP contribution in [0.4, 0.5) is 10.1 Å². The molecule has 0 radical (unpaired) electrons. The van der Waals surface area contributed by atoms with Crippen molar-refractivity contribution in [3.05, 3.63) is 72.7 Å². The molecule has 0 saturated carbocycles. The predicted octanol–water partition coefficient (Wildman–Crippen LogP) is 5.48. The molecule has 3 N–H and O–H groups in total. The summed E-state index contributed by atoms with van der Waals surface area (Å²) in [6.45, 7) is 2.04. The second-order valence-electron chi connectivity index (χ2n) is 10.7. The van der Waals surface area contributed by atoms with Gasteiger partial charge < -0.3 is 10.3 Å². The fourth-order valence-electron chi connectivity index (χ4n) is 4.97. The van der Waals surface area contributed by atoms with E-state index in [9.17, 15) is 17.6 Å². The predicted molar refractivity (Wildman–Crippen MR) is 167 cm³/mol. The number of unbranched alkanes of at least 4 members (excludes halogenated alkanes) is 1. The van der Waals surface area contributed by atoms with Crippen molar-refractivity contribution in [1.29, 1.82) is 0 Å². The molecule has 0 saturated heterocycles. The molecule has 0 fully saturated rings. The lowest BCUT2D eigenvalue weighted by Crippen LogP contribution is -2.11. The van der Waals surface area contributed by atoms with Gasteiger partial charge in [-0.05, 0) is 48.2 Å². The highest BCUT2D eigenvalue weighted by atomic mass is 32.2. The van der Waals surface area contributed by atoms with Crippen LogP contribution in [0, 0.1) is 5.82 Å². The minimum Gasteiger partial charge on any atom is -0.335 e. The zero-order valence-corrected chi connectivity index (χ0v) is 24.9. The summed E-state index contributed by atoms with van der Waals surface area (Å²) in [6, 6.07) is 8.18. The van der Waals surface area contributed by atoms with Crippen molar-refractivity contribution < 1.29 is 17.6 Å². The van der Waals surface area contributed by atoms with Crippen molar-refractivity contribution in [3.63, 3.8) is 0 Å². The summed E-state index contributed by atoms with van der Waals surface area (Å²) in [6.07, 6.45) is 11.7. The Bertz CT molecular complexity index is 2120. The number of sulfone groups is 1. The van der Waals surface area contributed by atoms with E-state index >= 15 is 0 Å². The normalized spacial score (nSPS) is 11.8. The number of imidazole rings is 1. The molecule has 5 heterocycles. The number of nitrogens with one attached hydrogen (secondary N) is 3. The largest absolute Gasteiger partial charge is 0.335 e. The minimum absolute atomic E-state index is 0.0616. The molecular formula is C31H29FN8O3S. The number of fused-ring (bicyclic) bond motifs is 2. The molecule has 0 aliphatic heterocycles. The van der Waals surface area contributed by atoms with E-state index in [0.29, 0.717) is 62.6 Å². The number of hydrogen-bond acceptors (Lipinski definition) is 8. The van der Waals surface area contributed by atoms with Crippen molar-refractivity contribution in [2.75, 3.05) is 17.3 Å². The van der Waals surface area contributed by atoms with E-state index in [-0.39, 0.29) is 18.1 Å². The van der Waals surface area contributed by atoms with Crippen LogP contribution in [0.1, 0.15) is 31.7 Å². The summed E-state index contributed by atoms with van der Waals surface area (Å²) in [7, 11) is -3.21. The first kappa shape index (κ1) is 29.1. The zero-order chi connectivity index (χ0) is 30.8. The van der Waals surface area contributed by atoms with Crippen LogP contribution in [0.3, 0.4) is 0 Å². The summed E-state index contributed by atoms with van der Waals surface area (Å²) in [5.74, 6) is -0.145. The first-order valence-corrected chi connectivity index (χ1v) is 16.1. The Labute approximate surface area is 252 Å². The second kappa shape index (κ2) is 11.9. The second-order valence-corrected chi connectivity index (χ2v) is 13.0. The average molecular weight is 613 g/mol. The van der Waals surface area contributed by atoms with E-state index in [1.165, 1.54) is 12.1 Å². The molecule has 0 atom stereocenters. The molecule has 0 aliphatic rings. The summed E-state index contributed by atoms with van der Waals surface area (Å²) in [4.78, 5) is 33.5. The lowest BCUT2D eigenvalue weighted by Gasteiger charge is -2.07. The van der Waals surface area contributed by atoms with Crippen LogP contribution in [-0.2, 0) is 21.1 Å². The first-order valence-electron chi connectivity index (χ1n) is 14.1. The first-order chi connectivity index (χ1) is 21.2. The van der Waals surface area contributed by atoms with Crippen LogP contribution < -0.4 is 5.32 Å². The van der Waals surface area contributed by atoms with Crippen LogP contribution in [0.25, 0.3) is 55.8 Å². The summed E-state index contributed by atoms with van der Waals surface area (Å²) >= 11 is 0. The third kappa shape index (κ3) is 6.32. The maximum Gasteiger partial charge on any atom is 0.224 e. The van der Waals surface area contributed by atoms with Crippen LogP contribution in [0.2, 0.25) is 0 Å². The number of halogens is 1. The van der Waals surface area contributed by atoms with Gasteiger partial charge in [0, 0.05) is 41.6 Å². The molecule has 5 aromatic heterocycles. The van der Waals surface area contributed by atoms with Crippen LogP contribution >= 0.6 is 0 Å². The fraction of sp³-hybridized carbons (Fsp3) is 0.226. The van der Waals surface area contributed by atoms with Gasteiger partial charge in [0.15, 0.2) is 5.82 Å². The fourth-order valence-corrected chi connectivity index (χ4v) is 5.58. The average Bonchev–Trinajstić information content (AvgIpc) is 3.62. The molecular weight excluding hydrogens is 583 g/mol. The molecule has 0 unspecified atom stereocenters. The number of amides is 1. The number of carbonyl (C=O) groups is 1. The topological polar surface area (TPSA) is 159 Å². The van der Waals surface area contributed by atoms with E-state index in [4.69, 9.17) is 4.98 Å². The maximum atomic E-state index is 14.6. The minimum atomic E-state index is -3.21. The number of benzene rings is 1. The van der Waals surface area contributed by atoms with Crippen molar-refractivity contribution >= 4 is 43.4 Å². The number of aryl methyl sites for hydroxylation is 1. The lowest BCUT2D eigenvalue weighted by atomic mass is 10.0.